The molecule has 2 heterocycles. The Labute approximate surface area is 163 Å². The standard InChI is InChI=1S/C20H24N4O4/c1-4-28-20(27)17-13(2)22-23(3)18(17)21-19(26)15-10-16(25)24(12-15)11-14-8-6-5-7-9-14/h5-9,15H,4,10-12H2,1-3H3,(H,21,26). The Morgan fingerprint density at radius 1 is 1.29 bits per heavy atom. The van der Waals surface area contributed by atoms with E-state index in [0.29, 0.717) is 18.8 Å². The molecule has 1 aliphatic rings. The molecule has 0 aliphatic carbocycles. The zero-order valence-electron chi connectivity index (χ0n) is 16.3. The number of ether oxygens (including phenoxy) is 1. The van der Waals surface area contributed by atoms with Crippen LogP contribution in [0.25, 0.3) is 0 Å². The second kappa shape index (κ2) is 8.24. The van der Waals surface area contributed by atoms with Gasteiger partial charge in [-0.15, -0.1) is 0 Å². The van der Waals surface area contributed by atoms with E-state index in [-0.39, 0.29) is 36.2 Å². The van der Waals surface area contributed by atoms with E-state index in [4.69, 9.17) is 4.74 Å². The number of nitrogens with one attached hydrogen (secondary N) is 1. The molecule has 3 rings (SSSR count). The molecule has 0 radical (unpaired) electrons. The number of hydrogen-bond acceptors (Lipinski definition) is 5. The monoisotopic (exact) mass is 384 g/mol. The van der Waals surface area contributed by atoms with Gasteiger partial charge in [-0.05, 0) is 19.4 Å². The number of esters is 1. The van der Waals surface area contributed by atoms with Crippen molar-refractivity contribution >= 4 is 23.6 Å². The third-order valence-electron chi connectivity index (χ3n) is 4.74. The Hall–Kier alpha value is -3.16. The van der Waals surface area contributed by atoms with Gasteiger partial charge in [-0.25, -0.2) is 4.79 Å². The molecular formula is C20H24N4O4. The molecule has 1 fully saturated rings. The highest BCUT2D eigenvalue weighted by Gasteiger charge is 2.35. The molecule has 1 atom stereocenters. The summed E-state index contributed by atoms with van der Waals surface area (Å²) in [5, 5.41) is 6.97. The van der Waals surface area contributed by atoms with Gasteiger partial charge in [-0.2, -0.15) is 5.10 Å². The van der Waals surface area contributed by atoms with Gasteiger partial charge in [0.15, 0.2) is 0 Å². The van der Waals surface area contributed by atoms with Crippen molar-refractivity contribution in [3.63, 3.8) is 0 Å². The normalized spacial score (nSPS) is 16.3. The van der Waals surface area contributed by atoms with E-state index in [1.54, 1.807) is 25.8 Å². The van der Waals surface area contributed by atoms with Crippen LogP contribution in [0.2, 0.25) is 0 Å². The summed E-state index contributed by atoms with van der Waals surface area (Å²) in [5.41, 5.74) is 1.73. The molecule has 2 aromatic rings. The van der Waals surface area contributed by atoms with Crippen LogP contribution in [0.15, 0.2) is 30.3 Å². The van der Waals surface area contributed by atoms with Gasteiger partial charge in [0, 0.05) is 26.6 Å². The number of nitrogens with zero attached hydrogens (tertiary/aromatic N) is 3. The zero-order chi connectivity index (χ0) is 20.3. The van der Waals surface area contributed by atoms with Crippen molar-refractivity contribution in [1.82, 2.24) is 14.7 Å². The van der Waals surface area contributed by atoms with E-state index < -0.39 is 11.9 Å². The zero-order valence-corrected chi connectivity index (χ0v) is 16.3. The Balaban J connectivity index is 1.71. The first-order valence-corrected chi connectivity index (χ1v) is 9.24. The van der Waals surface area contributed by atoms with Crippen LogP contribution in [0.5, 0.6) is 0 Å². The lowest BCUT2D eigenvalue weighted by Crippen LogP contribution is -2.29. The highest BCUT2D eigenvalue weighted by molar-refractivity contribution is 6.03. The van der Waals surface area contributed by atoms with E-state index >= 15 is 0 Å². The predicted octanol–water partition coefficient (Wildman–Crippen LogP) is 1.89. The van der Waals surface area contributed by atoms with E-state index in [2.05, 4.69) is 10.4 Å². The van der Waals surface area contributed by atoms with Crippen molar-refractivity contribution in [3.05, 3.63) is 47.2 Å². The number of amides is 2. The summed E-state index contributed by atoms with van der Waals surface area (Å²) in [4.78, 5) is 39.0. The minimum Gasteiger partial charge on any atom is -0.462 e. The third-order valence-corrected chi connectivity index (χ3v) is 4.74. The molecule has 1 aliphatic heterocycles. The van der Waals surface area contributed by atoms with Gasteiger partial charge in [-0.1, -0.05) is 30.3 Å². The number of benzene rings is 1. The first-order chi connectivity index (χ1) is 13.4. The Morgan fingerprint density at radius 2 is 2.00 bits per heavy atom. The van der Waals surface area contributed by atoms with E-state index in [9.17, 15) is 14.4 Å². The van der Waals surface area contributed by atoms with Crippen LogP contribution in [0.1, 0.15) is 35.0 Å². The second-order valence-corrected chi connectivity index (χ2v) is 6.80. The van der Waals surface area contributed by atoms with Gasteiger partial charge in [0.2, 0.25) is 11.8 Å². The Kier molecular flexibility index (Phi) is 5.77. The highest BCUT2D eigenvalue weighted by atomic mass is 16.5. The van der Waals surface area contributed by atoms with Crippen LogP contribution in [0.4, 0.5) is 5.82 Å². The number of anilines is 1. The van der Waals surface area contributed by atoms with Crippen LogP contribution < -0.4 is 5.32 Å². The number of carbonyl (C=O) groups excluding carboxylic acids is 3. The van der Waals surface area contributed by atoms with Crippen LogP contribution in [0, 0.1) is 12.8 Å². The fourth-order valence-electron chi connectivity index (χ4n) is 3.37. The smallest absolute Gasteiger partial charge is 0.343 e. The number of carbonyl (C=O) groups is 3. The molecule has 0 saturated carbocycles. The molecule has 2 amide bonds. The average Bonchev–Trinajstić information content (AvgIpc) is 3.15. The second-order valence-electron chi connectivity index (χ2n) is 6.80. The summed E-state index contributed by atoms with van der Waals surface area (Å²) in [6.07, 6.45) is 0.143. The largest absolute Gasteiger partial charge is 0.462 e. The van der Waals surface area contributed by atoms with Gasteiger partial charge in [0.1, 0.15) is 11.4 Å². The number of aryl methyl sites for hydroxylation is 2. The lowest BCUT2D eigenvalue weighted by molar-refractivity contribution is -0.128. The maximum absolute atomic E-state index is 12.8. The summed E-state index contributed by atoms with van der Waals surface area (Å²) < 4.78 is 6.51. The molecule has 148 valence electrons. The number of hydrogen-bond donors (Lipinski definition) is 1. The predicted molar refractivity (Wildman–Crippen MR) is 102 cm³/mol. The van der Waals surface area contributed by atoms with Crippen molar-refractivity contribution in [3.8, 4) is 0 Å². The van der Waals surface area contributed by atoms with Crippen LogP contribution in [-0.2, 0) is 27.9 Å². The average molecular weight is 384 g/mol. The maximum Gasteiger partial charge on any atom is 0.343 e. The molecule has 1 saturated heterocycles. The Morgan fingerprint density at radius 3 is 2.68 bits per heavy atom. The van der Waals surface area contributed by atoms with E-state index in [0.717, 1.165) is 5.56 Å². The molecule has 28 heavy (non-hydrogen) atoms. The topological polar surface area (TPSA) is 93.5 Å². The summed E-state index contributed by atoms with van der Waals surface area (Å²) in [6, 6.07) is 9.65. The molecule has 0 bridgehead atoms. The van der Waals surface area contributed by atoms with Crippen molar-refractivity contribution < 1.29 is 19.1 Å². The van der Waals surface area contributed by atoms with Crippen LogP contribution in [0.3, 0.4) is 0 Å². The van der Waals surface area contributed by atoms with E-state index in [1.165, 1.54) is 4.68 Å². The summed E-state index contributed by atoms with van der Waals surface area (Å²) in [5.74, 6) is -1.10. The first-order valence-electron chi connectivity index (χ1n) is 9.24. The van der Waals surface area contributed by atoms with E-state index in [1.807, 2.05) is 30.3 Å². The fourth-order valence-corrected chi connectivity index (χ4v) is 3.37. The highest BCUT2D eigenvalue weighted by Crippen LogP contribution is 2.24. The molecule has 0 spiro atoms. The molecular weight excluding hydrogens is 360 g/mol. The lowest BCUT2D eigenvalue weighted by Gasteiger charge is -2.17. The van der Waals surface area contributed by atoms with Crippen molar-refractivity contribution in [2.24, 2.45) is 13.0 Å². The minimum absolute atomic E-state index is 0.0594. The maximum atomic E-state index is 12.8. The lowest BCUT2D eigenvalue weighted by atomic mass is 10.1. The summed E-state index contributed by atoms with van der Waals surface area (Å²) in [7, 11) is 1.65. The summed E-state index contributed by atoms with van der Waals surface area (Å²) in [6.45, 7) is 4.44. The third kappa shape index (κ3) is 4.05. The fraction of sp³-hybridized carbons (Fsp3) is 0.400. The quantitative estimate of drug-likeness (QED) is 0.768. The van der Waals surface area contributed by atoms with Gasteiger partial charge in [-0.3, -0.25) is 14.3 Å². The van der Waals surface area contributed by atoms with Gasteiger partial charge >= 0.3 is 5.97 Å². The van der Waals surface area contributed by atoms with Crippen molar-refractivity contribution in [2.75, 3.05) is 18.5 Å². The van der Waals surface area contributed by atoms with Gasteiger partial charge in [0.25, 0.3) is 0 Å². The van der Waals surface area contributed by atoms with Crippen molar-refractivity contribution in [2.45, 2.75) is 26.8 Å². The Bertz CT molecular complexity index is 891. The molecule has 1 aromatic heterocycles. The number of aromatic nitrogens is 2. The van der Waals surface area contributed by atoms with Gasteiger partial charge in [0.05, 0.1) is 18.2 Å². The molecule has 1 aromatic carbocycles. The van der Waals surface area contributed by atoms with Crippen LogP contribution >= 0.6 is 0 Å². The van der Waals surface area contributed by atoms with Crippen LogP contribution in [-0.4, -0.2) is 45.6 Å². The SMILES string of the molecule is CCOC(=O)c1c(C)nn(C)c1NC(=O)C1CC(=O)N(Cc2ccccc2)C1. The van der Waals surface area contributed by atoms with Gasteiger partial charge < -0.3 is 15.0 Å². The molecule has 1 N–H and O–H groups in total. The number of rotatable bonds is 6. The van der Waals surface area contributed by atoms with Crippen molar-refractivity contribution in [1.29, 1.82) is 0 Å². The summed E-state index contributed by atoms with van der Waals surface area (Å²) >= 11 is 0. The minimum atomic E-state index is -0.531. The first kappa shape index (κ1) is 19.6. The number of likely N-dealkylation sites (tertiary alicyclic amines) is 1. The molecule has 1 unspecified atom stereocenters. The molecule has 8 heteroatoms. The molecule has 8 nitrogen and oxygen atoms in total.